The van der Waals surface area contributed by atoms with Crippen molar-refractivity contribution in [2.75, 3.05) is 25.0 Å². The Morgan fingerprint density at radius 3 is 2.42 bits per heavy atom. The van der Waals surface area contributed by atoms with Gasteiger partial charge < -0.3 is 5.32 Å². The van der Waals surface area contributed by atoms with Crippen molar-refractivity contribution in [3.63, 3.8) is 0 Å². The molecule has 2 amide bonds. The van der Waals surface area contributed by atoms with E-state index in [0.717, 1.165) is 28.9 Å². The minimum absolute atomic E-state index is 0.0840. The molecule has 0 radical (unpaired) electrons. The topological polar surface area (TPSA) is 86.8 Å². The van der Waals surface area contributed by atoms with Crippen LogP contribution in [-0.2, 0) is 19.6 Å². The number of nitrogens with zero attached hydrogens (tertiary/aromatic N) is 2. The molecule has 1 saturated heterocycles. The number of anilines is 1. The Morgan fingerprint density at radius 1 is 1.03 bits per heavy atom. The van der Waals surface area contributed by atoms with Gasteiger partial charge in [-0.2, -0.15) is 4.31 Å². The van der Waals surface area contributed by atoms with Crippen LogP contribution in [0.4, 0.5) is 5.69 Å². The van der Waals surface area contributed by atoms with Crippen molar-refractivity contribution in [1.82, 2.24) is 9.21 Å². The average molecular weight is 466 g/mol. The first-order chi connectivity index (χ1) is 15.7. The molecule has 0 bridgehead atoms. The third kappa shape index (κ3) is 4.24. The van der Waals surface area contributed by atoms with Crippen LogP contribution in [0.3, 0.4) is 0 Å². The zero-order chi connectivity index (χ0) is 23.8. The maximum Gasteiger partial charge on any atom is 0.278 e. The zero-order valence-corrected chi connectivity index (χ0v) is 19.6. The first kappa shape index (κ1) is 22.9. The number of sulfonamides is 1. The molecule has 0 aromatic heterocycles. The molecule has 2 aliphatic rings. The summed E-state index contributed by atoms with van der Waals surface area (Å²) in [7, 11) is -3.61. The second-order valence-electron chi connectivity index (χ2n) is 8.34. The number of carbonyl (C=O) groups excluding carboxylic acids is 2. The van der Waals surface area contributed by atoms with Crippen LogP contribution in [-0.4, -0.2) is 49.1 Å². The molecule has 4 rings (SSSR count). The second-order valence-corrected chi connectivity index (χ2v) is 10.3. The van der Waals surface area contributed by atoms with Crippen molar-refractivity contribution in [2.24, 2.45) is 0 Å². The molecule has 2 aromatic rings. The smallest absolute Gasteiger partial charge is 0.278 e. The van der Waals surface area contributed by atoms with Gasteiger partial charge in [0, 0.05) is 25.3 Å². The Bertz CT molecular complexity index is 1270. The van der Waals surface area contributed by atoms with Gasteiger partial charge in [-0.05, 0) is 56.0 Å². The van der Waals surface area contributed by atoms with Gasteiger partial charge in [0.2, 0.25) is 10.0 Å². The lowest BCUT2D eigenvalue weighted by Gasteiger charge is -2.17. The molecule has 33 heavy (non-hydrogen) atoms. The Balaban J connectivity index is 1.77. The van der Waals surface area contributed by atoms with E-state index >= 15 is 0 Å². The fourth-order valence-electron chi connectivity index (χ4n) is 4.29. The summed E-state index contributed by atoms with van der Waals surface area (Å²) in [6.45, 7) is 8.60. The molecular formula is C25H27N3O4S. The summed E-state index contributed by atoms with van der Waals surface area (Å²) in [5.41, 5.74) is 3.40. The van der Waals surface area contributed by atoms with Gasteiger partial charge in [-0.1, -0.05) is 35.9 Å². The standard InChI is InChI=1S/C25H27N3O4S/c1-4-12-28-24(29)22(21-11-10-17(2)15-18(21)3)23(25(28)30)26-19-8-7-9-20(16-19)33(31,32)27-13-5-6-14-27/h4,7-11,15-16,26H,1,5-6,12-14H2,2-3H3. The van der Waals surface area contributed by atoms with Crippen molar-refractivity contribution in [3.8, 4) is 0 Å². The SMILES string of the molecule is C=CCN1C(=O)C(Nc2cccc(S(=O)(=O)N3CCCC3)c2)=C(c2ccc(C)cc2C)C1=O. The van der Waals surface area contributed by atoms with Gasteiger partial charge in [0.1, 0.15) is 5.70 Å². The predicted octanol–water partition coefficient (Wildman–Crippen LogP) is 3.47. The van der Waals surface area contributed by atoms with Crippen molar-refractivity contribution in [1.29, 1.82) is 0 Å². The first-order valence-electron chi connectivity index (χ1n) is 10.9. The summed E-state index contributed by atoms with van der Waals surface area (Å²) in [6.07, 6.45) is 3.19. The number of imide groups is 1. The quantitative estimate of drug-likeness (QED) is 0.500. The third-order valence-corrected chi connectivity index (χ3v) is 7.83. The number of benzene rings is 2. The van der Waals surface area contributed by atoms with Crippen LogP contribution in [0.5, 0.6) is 0 Å². The van der Waals surface area contributed by atoms with Crippen LogP contribution in [0.15, 0.2) is 65.7 Å². The molecule has 1 N–H and O–H groups in total. The summed E-state index contributed by atoms with van der Waals surface area (Å²) in [4.78, 5) is 27.7. The lowest BCUT2D eigenvalue weighted by molar-refractivity contribution is -0.136. The fraction of sp³-hybridized carbons (Fsp3) is 0.280. The summed E-state index contributed by atoms with van der Waals surface area (Å²) in [5.74, 6) is -0.877. The minimum Gasteiger partial charge on any atom is -0.350 e. The molecule has 2 heterocycles. The lowest BCUT2D eigenvalue weighted by Crippen LogP contribution is -2.32. The van der Waals surface area contributed by atoms with Gasteiger partial charge in [0.15, 0.2) is 0 Å². The van der Waals surface area contributed by atoms with Gasteiger partial charge in [-0.25, -0.2) is 8.42 Å². The van der Waals surface area contributed by atoms with Crippen molar-refractivity contribution < 1.29 is 18.0 Å². The molecular weight excluding hydrogens is 438 g/mol. The molecule has 8 heteroatoms. The number of nitrogens with one attached hydrogen (secondary N) is 1. The summed E-state index contributed by atoms with van der Waals surface area (Å²) in [5, 5.41) is 3.05. The van der Waals surface area contributed by atoms with Crippen LogP contribution in [0.2, 0.25) is 0 Å². The Morgan fingerprint density at radius 2 is 1.76 bits per heavy atom. The van der Waals surface area contributed by atoms with Crippen LogP contribution in [0.25, 0.3) is 5.57 Å². The Kier molecular flexibility index (Phi) is 6.23. The first-order valence-corrected chi connectivity index (χ1v) is 12.3. The minimum atomic E-state index is -3.61. The van der Waals surface area contributed by atoms with E-state index in [1.165, 1.54) is 16.4 Å². The largest absolute Gasteiger partial charge is 0.350 e. The van der Waals surface area contributed by atoms with E-state index in [9.17, 15) is 18.0 Å². The highest BCUT2D eigenvalue weighted by Crippen LogP contribution is 2.33. The van der Waals surface area contributed by atoms with Crippen molar-refractivity contribution in [3.05, 3.63) is 77.5 Å². The van der Waals surface area contributed by atoms with Gasteiger partial charge in [0.25, 0.3) is 11.8 Å². The lowest BCUT2D eigenvalue weighted by atomic mass is 9.97. The van der Waals surface area contributed by atoms with Crippen LogP contribution in [0, 0.1) is 13.8 Å². The maximum absolute atomic E-state index is 13.2. The van der Waals surface area contributed by atoms with Gasteiger partial charge in [-0.3, -0.25) is 14.5 Å². The molecule has 2 aromatic carbocycles. The number of aryl methyl sites for hydroxylation is 2. The average Bonchev–Trinajstić information content (AvgIpc) is 3.40. The zero-order valence-electron chi connectivity index (χ0n) is 18.8. The van der Waals surface area contributed by atoms with Crippen molar-refractivity contribution in [2.45, 2.75) is 31.6 Å². The van der Waals surface area contributed by atoms with E-state index in [1.807, 2.05) is 32.0 Å². The number of carbonyl (C=O) groups is 2. The highest BCUT2D eigenvalue weighted by atomic mass is 32.2. The number of amides is 2. The van der Waals surface area contributed by atoms with E-state index in [2.05, 4.69) is 11.9 Å². The van der Waals surface area contributed by atoms with E-state index in [1.54, 1.807) is 18.2 Å². The summed E-state index contributed by atoms with van der Waals surface area (Å²) >= 11 is 0. The molecule has 172 valence electrons. The number of hydrogen-bond donors (Lipinski definition) is 1. The molecule has 2 aliphatic heterocycles. The van der Waals surface area contributed by atoms with Crippen LogP contribution < -0.4 is 5.32 Å². The van der Waals surface area contributed by atoms with Crippen LogP contribution >= 0.6 is 0 Å². The Hall–Kier alpha value is -3.23. The van der Waals surface area contributed by atoms with Crippen molar-refractivity contribution >= 4 is 33.1 Å². The van der Waals surface area contributed by atoms with E-state index in [0.29, 0.717) is 24.3 Å². The van der Waals surface area contributed by atoms with E-state index in [-0.39, 0.29) is 22.7 Å². The monoisotopic (exact) mass is 465 g/mol. The summed E-state index contributed by atoms with van der Waals surface area (Å²) < 4.78 is 27.4. The fourth-order valence-corrected chi connectivity index (χ4v) is 5.85. The normalized spacial score (nSPS) is 17.2. The van der Waals surface area contributed by atoms with Gasteiger partial charge in [0.05, 0.1) is 10.5 Å². The van der Waals surface area contributed by atoms with Gasteiger partial charge in [-0.15, -0.1) is 6.58 Å². The van der Waals surface area contributed by atoms with E-state index in [4.69, 9.17) is 0 Å². The van der Waals surface area contributed by atoms with Crippen LogP contribution in [0.1, 0.15) is 29.5 Å². The predicted molar refractivity (Wildman–Crippen MR) is 128 cm³/mol. The molecule has 0 unspecified atom stereocenters. The number of hydrogen-bond acceptors (Lipinski definition) is 5. The molecule has 7 nitrogen and oxygen atoms in total. The van der Waals surface area contributed by atoms with Gasteiger partial charge >= 0.3 is 0 Å². The molecule has 0 atom stereocenters. The number of rotatable bonds is 7. The summed E-state index contributed by atoms with van der Waals surface area (Å²) in [6, 6.07) is 12.0. The third-order valence-electron chi connectivity index (χ3n) is 5.94. The molecule has 0 saturated carbocycles. The second kappa shape index (κ2) is 8.96. The molecule has 1 fully saturated rings. The highest BCUT2D eigenvalue weighted by molar-refractivity contribution is 7.89. The highest BCUT2D eigenvalue weighted by Gasteiger charge is 2.39. The molecule has 0 spiro atoms. The van der Waals surface area contributed by atoms with E-state index < -0.39 is 21.8 Å². The Labute approximate surface area is 194 Å². The molecule has 0 aliphatic carbocycles. The maximum atomic E-state index is 13.2.